The molecule has 1 aliphatic heterocycles. The second-order valence-electron chi connectivity index (χ2n) is 5.60. The molecule has 1 aromatic carbocycles. The van der Waals surface area contributed by atoms with E-state index >= 15 is 0 Å². The van der Waals surface area contributed by atoms with Gasteiger partial charge in [-0.1, -0.05) is 22.9 Å². The van der Waals surface area contributed by atoms with Crippen LogP contribution in [0.1, 0.15) is 38.3 Å². The molecule has 1 aromatic rings. The molecule has 1 aliphatic rings. The molecule has 4 heteroatoms. The monoisotopic (exact) mass is 340 g/mol. The van der Waals surface area contributed by atoms with Crippen LogP contribution in [0, 0.1) is 5.92 Å². The number of nitrogens with one attached hydrogen (secondary N) is 1. The van der Waals surface area contributed by atoms with Crippen LogP contribution in [0.2, 0.25) is 0 Å². The van der Waals surface area contributed by atoms with Gasteiger partial charge in [-0.2, -0.15) is 0 Å². The first-order chi connectivity index (χ1) is 9.65. The summed E-state index contributed by atoms with van der Waals surface area (Å²) in [6.07, 6.45) is 2.17. The van der Waals surface area contributed by atoms with Gasteiger partial charge in [0.05, 0.1) is 0 Å². The lowest BCUT2D eigenvalue weighted by atomic mass is 9.96. The average molecular weight is 341 g/mol. The number of halogens is 1. The van der Waals surface area contributed by atoms with Gasteiger partial charge in [-0.3, -0.25) is 0 Å². The van der Waals surface area contributed by atoms with Crippen LogP contribution in [0.3, 0.4) is 0 Å². The predicted molar refractivity (Wildman–Crippen MR) is 88.3 cm³/mol. The van der Waals surface area contributed by atoms with Gasteiger partial charge in [-0.05, 0) is 56.0 Å². The van der Waals surface area contributed by atoms with Crippen molar-refractivity contribution in [2.75, 3.05) is 31.1 Å². The van der Waals surface area contributed by atoms with Crippen molar-refractivity contribution >= 4 is 21.6 Å². The summed E-state index contributed by atoms with van der Waals surface area (Å²) in [5.41, 5.74) is 2.68. The molecule has 2 N–H and O–H groups in total. The topological polar surface area (TPSA) is 35.5 Å². The van der Waals surface area contributed by atoms with Crippen LogP contribution < -0.4 is 10.2 Å². The zero-order chi connectivity index (χ0) is 14.5. The molecule has 0 aliphatic carbocycles. The van der Waals surface area contributed by atoms with E-state index in [1.165, 1.54) is 11.3 Å². The van der Waals surface area contributed by atoms with Crippen LogP contribution >= 0.6 is 15.9 Å². The zero-order valence-electron chi connectivity index (χ0n) is 12.4. The maximum absolute atomic E-state index is 9.26. The number of hydrogen-bond donors (Lipinski definition) is 2. The Hall–Kier alpha value is -0.580. The van der Waals surface area contributed by atoms with E-state index in [2.05, 4.69) is 58.2 Å². The fourth-order valence-corrected chi connectivity index (χ4v) is 3.31. The predicted octanol–water partition coefficient (Wildman–Crippen LogP) is 3.33. The summed E-state index contributed by atoms with van der Waals surface area (Å²) >= 11 is 3.58. The molecular weight excluding hydrogens is 316 g/mol. The normalized spacial score (nSPS) is 18.3. The molecule has 1 unspecified atom stereocenters. The van der Waals surface area contributed by atoms with Gasteiger partial charge < -0.3 is 15.3 Å². The van der Waals surface area contributed by atoms with Gasteiger partial charge in [0.2, 0.25) is 0 Å². The Morgan fingerprint density at radius 2 is 2.10 bits per heavy atom. The third-order valence-corrected chi connectivity index (χ3v) is 4.67. The second kappa shape index (κ2) is 7.43. The highest BCUT2D eigenvalue weighted by Gasteiger charge is 2.22. The molecule has 1 fully saturated rings. The maximum atomic E-state index is 9.26. The van der Waals surface area contributed by atoms with Gasteiger partial charge in [-0.25, -0.2) is 0 Å². The number of nitrogens with zero attached hydrogens (tertiary/aromatic N) is 1. The van der Waals surface area contributed by atoms with Crippen LogP contribution in [0.25, 0.3) is 0 Å². The molecule has 1 saturated heterocycles. The number of aliphatic hydroxyl groups is 1. The number of benzene rings is 1. The molecule has 2 rings (SSSR count). The van der Waals surface area contributed by atoms with E-state index in [9.17, 15) is 5.11 Å². The smallest absolute Gasteiger partial charge is 0.0460 e. The van der Waals surface area contributed by atoms with Crippen molar-refractivity contribution in [1.82, 2.24) is 5.32 Å². The Bertz CT molecular complexity index is 430. The fourth-order valence-electron chi connectivity index (χ4n) is 2.93. The highest BCUT2D eigenvalue weighted by atomic mass is 79.9. The molecule has 0 amide bonds. The van der Waals surface area contributed by atoms with Crippen molar-refractivity contribution in [3.63, 3.8) is 0 Å². The third-order valence-electron chi connectivity index (χ3n) is 4.18. The minimum Gasteiger partial charge on any atom is -0.396 e. The van der Waals surface area contributed by atoms with Gasteiger partial charge in [0.1, 0.15) is 0 Å². The van der Waals surface area contributed by atoms with Gasteiger partial charge in [0.25, 0.3) is 0 Å². The standard InChI is InChI=1S/C16H25BrN2O/c1-3-18-12(2)15-10-14(17)4-5-16(15)19-8-6-13(11-20)7-9-19/h4-5,10,12-13,18,20H,3,6-9,11H2,1-2H3. The van der Waals surface area contributed by atoms with E-state index in [0.717, 1.165) is 36.9 Å². The summed E-state index contributed by atoms with van der Waals surface area (Å²) in [4.78, 5) is 2.46. The van der Waals surface area contributed by atoms with Crippen molar-refractivity contribution in [3.05, 3.63) is 28.2 Å². The first kappa shape index (κ1) is 15.8. The van der Waals surface area contributed by atoms with Gasteiger partial charge >= 0.3 is 0 Å². The molecule has 1 heterocycles. The molecule has 0 radical (unpaired) electrons. The minimum atomic E-state index is 0.328. The van der Waals surface area contributed by atoms with Crippen molar-refractivity contribution in [2.45, 2.75) is 32.7 Å². The highest BCUT2D eigenvalue weighted by Crippen LogP contribution is 2.32. The molecule has 0 aromatic heterocycles. The lowest BCUT2D eigenvalue weighted by Crippen LogP contribution is -2.36. The fraction of sp³-hybridized carbons (Fsp3) is 0.625. The Kier molecular flexibility index (Phi) is 5.87. The summed E-state index contributed by atoms with van der Waals surface area (Å²) in [5, 5.41) is 12.8. The molecular formula is C16H25BrN2O. The minimum absolute atomic E-state index is 0.328. The van der Waals surface area contributed by atoms with Gasteiger partial charge in [0, 0.05) is 35.9 Å². The first-order valence-electron chi connectivity index (χ1n) is 7.54. The van der Waals surface area contributed by atoms with Crippen LogP contribution in [0.15, 0.2) is 22.7 Å². The maximum Gasteiger partial charge on any atom is 0.0460 e. The van der Waals surface area contributed by atoms with E-state index in [0.29, 0.717) is 18.6 Å². The van der Waals surface area contributed by atoms with E-state index in [1.807, 2.05) is 0 Å². The Morgan fingerprint density at radius 1 is 1.40 bits per heavy atom. The van der Waals surface area contributed by atoms with Crippen LogP contribution in [-0.4, -0.2) is 31.3 Å². The van der Waals surface area contributed by atoms with Gasteiger partial charge in [0.15, 0.2) is 0 Å². The van der Waals surface area contributed by atoms with E-state index in [-0.39, 0.29) is 0 Å². The molecule has 3 nitrogen and oxygen atoms in total. The molecule has 20 heavy (non-hydrogen) atoms. The SMILES string of the molecule is CCNC(C)c1cc(Br)ccc1N1CCC(CO)CC1. The summed E-state index contributed by atoms with van der Waals surface area (Å²) in [5.74, 6) is 0.483. The molecule has 0 saturated carbocycles. The number of aliphatic hydroxyl groups excluding tert-OH is 1. The summed E-state index contributed by atoms with van der Waals surface area (Å²) in [6, 6.07) is 6.91. The Balaban J connectivity index is 2.18. The third kappa shape index (κ3) is 3.74. The first-order valence-corrected chi connectivity index (χ1v) is 8.33. The second-order valence-corrected chi connectivity index (χ2v) is 6.51. The lowest BCUT2D eigenvalue weighted by Gasteiger charge is -2.35. The summed E-state index contributed by atoms with van der Waals surface area (Å²) in [6.45, 7) is 7.74. The van der Waals surface area contributed by atoms with Crippen LogP contribution in [0.4, 0.5) is 5.69 Å². The molecule has 0 bridgehead atoms. The van der Waals surface area contributed by atoms with Crippen LogP contribution in [-0.2, 0) is 0 Å². The van der Waals surface area contributed by atoms with Crippen molar-refractivity contribution in [3.8, 4) is 0 Å². The van der Waals surface area contributed by atoms with Crippen LogP contribution in [0.5, 0.6) is 0 Å². The van der Waals surface area contributed by atoms with Gasteiger partial charge in [-0.15, -0.1) is 0 Å². The Morgan fingerprint density at radius 3 is 2.70 bits per heavy atom. The average Bonchev–Trinajstić information content (AvgIpc) is 2.47. The highest BCUT2D eigenvalue weighted by molar-refractivity contribution is 9.10. The van der Waals surface area contributed by atoms with Crippen molar-refractivity contribution in [2.24, 2.45) is 5.92 Å². The molecule has 1 atom stereocenters. The lowest BCUT2D eigenvalue weighted by molar-refractivity contribution is 0.203. The van der Waals surface area contributed by atoms with Crippen molar-refractivity contribution < 1.29 is 5.11 Å². The zero-order valence-corrected chi connectivity index (χ0v) is 14.0. The number of piperidine rings is 1. The molecule has 112 valence electrons. The van der Waals surface area contributed by atoms with E-state index < -0.39 is 0 Å². The number of hydrogen-bond acceptors (Lipinski definition) is 3. The number of rotatable bonds is 5. The quantitative estimate of drug-likeness (QED) is 0.862. The summed E-state index contributed by atoms with van der Waals surface area (Å²) < 4.78 is 1.13. The largest absolute Gasteiger partial charge is 0.396 e. The Labute approximate surface area is 130 Å². The van der Waals surface area contributed by atoms with E-state index in [1.54, 1.807) is 0 Å². The summed E-state index contributed by atoms with van der Waals surface area (Å²) in [7, 11) is 0. The molecule has 0 spiro atoms. The number of anilines is 1. The van der Waals surface area contributed by atoms with Crippen molar-refractivity contribution in [1.29, 1.82) is 0 Å². The van der Waals surface area contributed by atoms with E-state index in [4.69, 9.17) is 0 Å².